The van der Waals surface area contributed by atoms with E-state index in [2.05, 4.69) is 4.74 Å². The van der Waals surface area contributed by atoms with Gasteiger partial charge < -0.3 is 4.74 Å². The van der Waals surface area contributed by atoms with Gasteiger partial charge >= 0.3 is 6.11 Å². The van der Waals surface area contributed by atoms with Crippen LogP contribution in [0.25, 0.3) is 21.9 Å². The lowest BCUT2D eigenvalue weighted by Gasteiger charge is -2.20. The molecular weight excluding hydrogens is 480 g/mol. The third-order valence-electron chi connectivity index (χ3n) is 5.45. The van der Waals surface area contributed by atoms with Crippen LogP contribution in [0.1, 0.15) is 24.5 Å². The highest BCUT2D eigenvalue weighted by Crippen LogP contribution is 2.36. The molecule has 4 aromatic rings. The molecule has 0 aliphatic carbocycles. The van der Waals surface area contributed by atoms with Crippen LogP contribution in [-0.4, -0.2) is 0 Å². The fourth-order valence-corrected chi connectivity index (χ4v) is 3.75. The van der Waals surface area contributed by atoms with E-state index in [0.717, 1.165) is 30.3 Å². The van der Waals surface area contributed by atoms with Crippen LogP contribution < -0.4 is 4.74 Å². The van der Waals surface area contributed by atoms with E-state index >= 15 is 0 Å². The number of aryl methyl sites for hydroxylation is 1. The van der Waals surface area contributed by atoms with E-state index in [4.69, 9.17) is 0 Å². The predicted molar refractivity (Wildman–Crippen MR) is 114 cm³/mol. The Labute approximate surface area is 194 Å². The van der Waals surface area contributed by atoms with Gasteiger partial charge in [-0.2, -0.15) is 8.78 Å². The zero-order valence-electron chi connectivity index (χ0n) is 18.0. The molecule has 0 spiro atoms. The minimum atomic E-state index is -4.20. The molecule has 0 radical (unpaired) electrons. The summed E-state index contributed by atoms with van der Waals surface area (Å²) < 4.78 is 117. The first kappa shape index (κ1) is 24.5. The molecule has 4 aromatic carbocycles. The Balaban J connectivity index is 1.63. The largest absolute Gasteiger partial charge is 0.429 e. The second-order valence-corrected chi connectivity index (χ2v) is 7.84. The van der Waals surface area contributed by atoms with E-state index < -0.39 is 57.7 Å². The molecule has 0 aliphatic rings. The Hall–Kier alpha value is -3.62. The minimum Gasteiger partial charge on any atom is -0.429 e. The van der Waals surface area contributed by atoms with Gasteiger partial charge in [-0.05, 0) is 64.9 Å². The zero-order valence-corrected chi connectivity index (χ0v) is 18.0. The van der Waals surface area contributed by atoms with Gasteiger partial charge in [-0.3, -0.25) is 0 Å². The lowest BCUT2D eigenvalue weighted by molar-refractivity contribution is -0.187. The summed E-state index contributed by atoms with van der Waals surface area (Å²) in [5.41, 5.74) is -0.920. The van der Waals surface area contributed by atoms with Crippen LogP contribution in [0.5, 0.6) is 5.75 Å². The average Bonchev–Trinajstić information content (AvgIpc) is 2.80. The minimum absolute atomic E-state index is 0.0287. The first-order valence-corrected chi connectivity index (χ1v) is 10.4. The van der Waals surface area contributed by atoms with Gasteiger partial charge in [0.05, 0.1) is 5.39 Å². The average molecular weight is 496 g/mol. The quantitative estimate of drug-likeness (QED) is 0.192. The third kappa shape index (κ3) is 4.54. The van der Waals surface area contributed by atoms with Gasteiger partial charge in [0.15, 0.2) is 29.1 Å². The molecular formula is C26H16F8O. The molecule has 0 aliphatic heterocycles. The summed E-state index contributed by atoms with van der Waals surface area (Å²) in [5, 5.41) is -0.973. The second-order valence-electron chi connectivity index (χ2n) is 7.84. The van der Waals surface area contributed by atoms with E-state index in [1.54, 1.807) is 6.92 Å². The summed E-state index contributed by atoms with van der Waals surface area (Å²) >= 11 is 0. The number of rotatable bonds is 6. The van der Waals surface area contributed by atoms with E-state index in [9.17, 15) is 35.1 Å². The molecule has 35 heavy (non-hydrogen) atoms. The van der Waals surface area contributed by atoms with Crippen molar-refractivity contribution in [2.24, 2.45) is 0 Å². The summed E-state index contributed by atoms with van der Waals surface area (Å²) in [7, 11) is 0. The molecule has 0 fully saturated rings. The fourth-order valence-electron chi connectivity index (χ4n) is 3.75. The lowest BCUT2D eigenvalue weighted by Crippen LogP contribution is -2.24. The molecule has 0 unspecified atom stereocenters. The molecule has 0 aromatic heterocycles. The molecule has 0 atom stereocenters. The maximum absolute atomic E-state index is 14.6. The van der Waals surface area contributed by atoms with Crippen molar-refractivity contribution in [2.45, 2.75) is 25.9 Å². The number of alkyl halides is 2. The van der Waals surface area contributed by atoms with Gasteiger partial charge in [0.1, 0.15) is 17.1 Å². The summed E-state index contributed by atoms with van der Waals surface area (Å²) in [6, 6.07) is 9.21. The molecule has 0 amide bonds. The second kappa shape index (κ2) is 9.20. The molecule has 0 saturated carbocycles. The van der Waals surface area contributed by atoms with E-state index in [-0.39, 0.29) is 28.5 Å². The number of ether oxygens (including phenoxy) is 1. The lowest BCUT2D eigenvalue weighted by atomic mass is 10.00. The van der Waals surface area contributed by atoms with Crippen molar-refractivity contribution in [3.8, 4) is 16.9 Å². The van der Waals surface area contributed by atoms with Gasteiger partial charge in [0, 0.05) is 0 Å². The van der Waals surface area contributed by atoms with E-state index in [1.165, 1.54) is 18.2 Å². The molecule has 182 valence electrons. The summed E-state index contributed by atoms with van der Waals surface area (Å²) in [4.78, 5) is 0. The van der Waals surface area contributed by atoms with Crippen molar-refractivity contribution < 1.29 is 39.9 Å². The van der Waals surface area contributed by atoms with Gasteiger partial charge in [-0.1, -0.05) is 31.5 Å². The van der Waals surface area contributed by atoms with Gasteiger partial charge in [-0.25, -0.2) is 26.3 Å². The van der Waals surface area contributed by atoms with Crippen LogP contribution >= 0.6 is 0 Å². The maximum atomic E-state index is 14.6. The third-order valence-corrected chi connectivity index (χ3v) is 5.45. The first-order valence-electron chi connectivity index (χ1n) is 10.4. The van der Waals surface area contributed by atoms with Crippen LogP contribution in [-0.2, 0) is 12.5 Å². The van der Waals surface area contributed by atoms with Crippen LogP contribution in [0.15, 0.2) is 54.6 Å². The van der Waals surface area contributed by atoms with Crippen LogP contribution in [0.4, 0.5) is 35.1 Å². The summed E-state index contributed by atoms with van der Waals surface area (Å²) in [5.74, 6) is -9.59. The smallest absolute Gasteiger partial charge is 0.429 e. The number of fused-ring (bicyclic) bond motifs is 1. The Morgan fingerprint density at radius 1 is 0.686 bits per heavy atom. The van der Waals surface area contributed by atoms with Crippen LogP contribution in [0.3, 0.4) is 0 Å². The Morgan fingerprint density at radius 3 is 2.03 bits per heavy atom. The van der Waals surface area contributed by atoms with Crippen molar-refractivity contribution in [1.29, 1.82) is 0 Å². The molecule has 9 heteroatoms. The molecule has 0 heterocycles. The molecule has 0 N–H and O–H groups in total. The predicted octanol–water partition coefficient (Wildman–Crippen LogP) is 8.42. The van der Waals surface area contributed by atoms with Crippen LogP contribution in [0, 0.1) is 34.9 Å². The highest BCUT2D eigenvalue weighted by Gasteiger charge is 2.39. The molecule has 0 bridgehead atoms. The Kier molecular flexibility index (Phi) is 6.44. The van der Waals surface area contributed by atoms with Crippen molar-refractivity contribution in [3.63, 3.8) is 0 Å². The van der Waals surface area contributed by atoms with Gasteiger partial charge in [-0.15, -0.1) is 0 Å². The van der Waals surface area contributed by atoms with Crippen molar-refractivity contribution >= 4 is 10.8 Å². The normalized spacial score (nSPS) is 11.8. The first-order chi connectivity index (χ1) is 16.5. The Bertz CT molecular complexity index is 1410. The van der Waals surface area contributed by atoms with E-state index in [1.807, 2.05) is 0 Å². The van der Waals surface area contributed by atoms with Gasteiger partial charge in [0.2, 0.25) is 0 Å². The van der Waals surface area contributed by atoms with Gasteiger partial charge in [0.25, 0.3) is 0 Å². The van der Waals surface area contributed by atoms with Crippen molar-refractivity contribution in [1.82, 2.24) is 0 Å². The number of benzene rings is 4. The number of halogens is 8. The zero-order chi connectivity index (χ0) is 25.5. The fraction of sp³-hybridized carbons (Fsp3) is 0.154. The maximum Gasteiger partial charge on any atom is 0.429 e. The van der Waals surface area contributed by atoms with Crippen LogP contribution in [0.2, 0.25) is 0 Å². The SMILES string of the molecule is CCCc1ccc(C(F)(F)Oc2ccc(-c3cc(F)c4c(F)c(F)c(F)cc4c3)cc2)c(F)c1F. The highest BCUT2D eigenvalue weighted by molar-refractivity contribution is 5.88. The highest BCUT2D eigenvalue weighted by atomic mass is 19.3. The summed E-state index contributed by atoms with van der Waals surface area (Å²) in [6.45, 7) is 1.73. The molecule has 1 nitrogen and oxygen atoms in total. The van der Waals surface area contributed by atoms with Crippen molar-refractivity contribution in [3.05, 3.63) is 101 Å². The number of hydrogen-bond donors (Lipinski definition) is 0. The molecule has 4 rings (SSSR count). The monoisotopic (exact) mass is 496 g/mol. The topological polar surface area (TPSA) is 9.23 Å². The summed E-state index contributed by atoms with van der Waals surface area (Å²) in [6.07, 6.45) is -3.53. The molecule has 0 saturated heterocycles. The van der Waals surface area contributed by atoms with Crippen molar-refractivity contribution in [2.75, 3.05) is 0 Å². The Morgan fingerprint density at radius 2 is 1.37 bits per heavy atom. The number of hydrogen-bond acceptors (Lipinski definition) is 1. The standard InChI is InChI=1S/C26H16F8O/c1-2-3-14-6-9-18(23(30)22(14)29)26(33,34)35-17-7-4-13(5-8-17)15-10-16-12-20(28)24(31)25(32)21(16)19(27)11-15/h4-12H,2-3H2,1H3. The van der Waals surface area contributed by atoms with E-state index in [0.29, 0.717) is 12.5 Å².